The average Bonchev–Trinajstić information content (AvgIpc) is 2.80. The number of carboxylic acid groups (broad SMARTS) is 1. The molecule has 0 spiro atoms. The molecule has 0 saturated heterocycles. The molecule has 0 aromatic heterocycles. The Labute approximate surface area is 241 Å². The molecule has 1 amide bonds. The Morgan fingerprint density at radius 2 is 1.73 bits per heavy atom. The molecule has 0 radical (unpaired) electrons. The zero-order valence-corrected chi connectivity index (χ0v) is 26.3. The van der Waals surface area contributed by atoms with Gasteiger partial charge < -0.3 is 24.5 Å². The maximum atomic E-state index is 14.6. The van der Waals surface area contributed by atoms with Gasteiger partial charge in [0, 0.05) is 23.7 Å². The van der Waals surface area contributed by atoms with E-state index >= 15 is 0 Å². The van der Waals surface area contributed by atoms with Crippen LogP contribution in [-0.4, -0.2) is 55.6 Å². The van der Waals surface area contributed by atoms with Crippen LogP contribution in [-0.2, 0) is 20.4 Å². The Morgan fingerprint density at radius 3 is 2.27 bits per heavy atom. The molecule has 0 fully saturated rings. The zero-order chi connectivity index (χ0) is 30.5. The predicted octanol–water partition coefficient (Wildman–Crippen LogP) is 7.66. The van der Waals surface area contributed by atoms with Crippen molar-refractivity contribution in [1.82, 2.24) is 4.90 Å². The minimum absolute atomic E-state index is 0.0657. The maximum Gasteiger partial charge on any atom is 0.410 e. The summed E-state index contributed by atoms with van der Waals surface area (Å²) in [7, 11) is -2.30. The fourth-order valence-electron chi connectivity index (χ4n) is 3.58. The lowest BCUT2D eigenvalue weighted by molar-refractivity contribution is -0.136. The highest BCUT2D eigenvalue weighted by molar-refractivity contribution is 6.74. The van der Waals surface area contributed by atoms with Crippen molar-refractivity contribution in [3.05, 3.63) is 64.2 Å². The van der Waals surface area contributed by atoms with E-state index in [1.807, 2.05) is 18.2 Å². The van der Waals surface area contributed by atoms with Gasteiger partial charge in [0.25, 0.3) is 0 Å². The molecule has 222 valence electrons. The van der Waals surface area contributed by atoms with Gasteiger partial charge in [0.15, 0.2) is 20.0 Å². The Kier molecular flexibility index (Phi) is 11.2. The zero-order valence-electron chi connectivity index (χ0n) is 24.5. The SMILES string of the molecule is CC(C)(C)OC(=O)N(CCNc1ccc(CC(=O)O)c(F)c1F)CC(O[Si](C)(C)C(C)(C)C)c1cccc(Cl)c1. The van der Waals surface area contributed by atoms with Crippen molar-refractivity contribution < 1.29 is 32.6 Å². The van der Waals surface area contributed by atoms with Crippen LogP contribution in [0.1, 0.15) is 58.8 Å². The van der Waals surface area contributed by atoms with Crippen LogP contribution in [0, 0.1) is 11.6 Å². The number of aliphatic carboxylic acids is 1. The predicted molar refractivity (Wildman–Crippen MR) is 156 cm³/mol. The number of amides is 1. The summed E-state index contributed by atoms with van der Waals surface area (Å²) in [4.78, 5) is 25.7. The molecular weight excluding hydrogens is 558 g/mol. The van der Waals surface area contributed by atoms with E-state index in [0.717, 1.165) is 5.56 Å². The molecule has 2 rings (SSSR count). The van der Waals surface area contributed by atoms with Crippen molar-refractivity contribution in [3.63, 3.8) is 0 Å². The number of nitrogens with zero attached hydrogens (tertiary/aromatic N) is 1. The lowest BCUT2D eigenvalue weighted by Crippen LogP contribution is -2.46. The molecule has 40 heavy (non-hydrogen) atoms. The van der Waals surface area contributed by atoms with Crippen molar-refractivity contribution in [2.45, 2.75) is 77.8 Å². The first-order valence-corrected chi connectivity index (χ1v) is 16.4. The molecule has 1 atom stereocenters. The number of nitrogens with one attached hydrogen (secondary N) is 1. The Bertz CT molecular complexity index is 1200. The van der Waals surface area contributed by atoms with Gasteiger partial charge in [-0.15, -0.1) is 0 Å². The Hall–Kier alpha value is -2.69. The third-order valence-corrected chi connectivity index (χ3v) is 11.4. The molecule has 0 bridgehead atoms. The van der Waals surface area contributed by atoms with Gasteiger partial charge in [-0.05, 0) is 62.7 Å². The molecule has 0 aliphatic carbocycles. The number of hydrogen-bond donors (Lipinski definition) is 2. The second-order valence-electron chi connectivity index (χ2n) is 12.2. The van der Waals surface area contributed by atoms with E-state index in [2.05, 4.69) is 39.2 Å². The highest BCUT2D eigenvalue weighted by Crippen LogP contribution is 2.40. The summed E-state index contributed by atoms with van der Waals surface area (Å²) in [5, 5.41) is 12.2. The van der Waals surface area contributed by atoms with Crippen LogP contribution in [0.15, 0.2) is 36.4 Å². The van der Waals surface area contributed by atoms with Gasteiger partial charge in [-0.1, -0.05) is 50.6 Å². The summed E-state index contributed by atoms with van der Waals surface area (Å²) in [5.74, 6) is -3.66. The van der Waals surface area contributed by atoms with Gasteiger partial charge in [0.2, 0.25) is 0 Å². The second-order valence-corrected chi connectivity index (χ2v) is 17.4. The molecule has 0 aliphatic rings. The quantitative estimate of drug-likeness (QED) is 0.258. The van der Waals surface area contributed by atoms with Gasteiger partial charge in [0.05, 0.1) is 24.8 Å². The lowest BCUT2D eigenvalue weighted by Gasteiger charge is -2.40. The molecule has 2 aromatic carbocycles. The van der Waals surface area contributed by atoms with Gasteiger partial charge >= 0.3 is 12.1 Å². The summed E-state index contributed by atoms with van der Waals surface area (Å²) in [6.45, 7) is 16.2. The van der Waals surface area contributed by atoms with E-state index < -0.39 is 50.1 Å². The number of rotatable bonds is 11. The average molecular weight is 599 g/mol. The second kappa shape index (κ2) is 13.3. The smallest absolute Gasteiger partial charge is 0.410 e. The first kappa shape index (κ1) is 33.5. The highest BCUT2D eigenvalue weighted by Gasteiger charge is 2.40. The minimum Gasteiger partial charge on any atom is -0.481 e. The Morgan fingerprint density at radius 1 is 1.07 bits per heavy atom. The molecule has 0 aliphatic heterocycles. The van der Waals surface area contributed by atoms with Crippen molar-refractivity contribution in [3.8, 4) is 0 Å². The largest absolute Gasteiger partial charge is 0.481 e. The van der Waals surface area contributed by atoms with Gasteiger partial charge in [-0.2, -0.15) is 0 Å². The third-order valence-electron chi connectivity index (χ3n) is 6.70. The van der Waals surface area contributed by atoms with Crippen molar-refractivity contribution in [1.29, 1.82) is 0 Å². The van der Waals surface area contributed by atoms with Crippen LogP contribution < -0.4 is 5.32 Å². The first-order chi connectivity index (χ1) is 18.3. The van der Waals surface area contributed by atoms with Gasteiger partial charge in [0.1, 0.15) is 5.60 Å². The van der Waals surface area contributed by atoms with Crippen molar-refractivity contribution >= 4 is 37.7 Å². The number of ether oxygens (including phenoxy) is 1. The van der Waals surface area contributed by atoms with Crippen molar-refractivity contribution in [2.75, 3.05) is 25.0 Å². The van der Waals surface area contributed by atoms with E-state index in [1.54, 1.807) is 26.8 Å². The number of carboxylic acids is 1. The van der Waals surface area contributed by atoms with Crippen LogP contribution in [0.2, 0.25) is 23.2 Å². The van der Waals surface area contributed by atoms with E-state index in [4.69, 9.17) is 25.9 Å². The summed E-state index contributed by atoms with van der Waals surface area (Å²) in [6, 6.07) is 9.80. The van der Waals surface area contributed by atoms with Crippen LogP contribution in [0.25, 0.3) is 0 Å². The van der Waals surface area contributed by atoms with E-state index in [1.165, 1.54) is 17.0 Å². The lowest BCUT2D eigenvalue weighted by atomic mass is 10.1. The van der Waals surface area contributed by atoms with Gasteiger partial charge in [-0.25, -0.2) is 13.6 Å². The van der Waals surface area contributed by atoms with Crippen LogP contribution in [0.5, 0.6) is 0 Å². The summed E-state index contributed by atoms with van der Waals surface area (Å²) in [6.07, 6.45) is -1.73. The summed E-state index contributed by atoms with van der Waals surface area (Å²) >= 11 is 6.30. The number of anilines is 1. The fraction of sp³-hybridized carbons (Fsp3) is 0.517. The van der Waals surface area contributed by atoms with Crippen LogP contribution in [0.4, 0.5) is 19.3 Å². The van der Waals surface area contributed by atoms with Crippen molar-refractivity contribution in [2.24, 2.45) is 0 Å². The summed E-state index contributed by atoms with van der Waals surface area (Å²) in [5.41, 5.74) is -0.345. The van der Waals surface area contributed by atoms with Crippen LogP contribution in [0.3, 0.4) is 0 Å². The molecule has 2 aromatic rings. The fourth-order valence-corrected chi connectivity index (χ4v) is 5.06. The van der Waals surface area contributed by atoms with E-state index in [-0.39, 0.29) is 35.9 Å². The van der Waals surface area contributed by atoms with E-state index in [9.17, 15) is 18.4 Å². The first-order valence-electron chi connectivity index (χ1n) is 13.1. The normalized spacial score (nSPS) is 13.1. The number of carbonyl (C=O) groups is 2. The molecule has 0 heterocycles. The third kappa shape index (κ3) is 9.74. The number of carbonyl (C=O) groups excluding carboxylic acids is 1. The molecule has 1 unspecified atom stereocenters. The highest BCUT2D eigenvalue weighted by atomic mass is 35.5. The number of benzene rings is 2. The van der Waals surface area contributed by atoms with E-state index in [0.29, 0.717) is 5.02 Å². The molecule has 7 nitrogen and oxygen atoms in total. The molecule has 11 heteroatoms. The maximum absolute atomic E-state index is 14.6. The number of halogens is 3. The van der Waals surface area contributed by atoms with Gasteiger partial charge in [-0.3, -0.25) is 4.79 Å². The minimum atomic E-state index is -2.30. The molecule has 0 saturated carbocycles. The molecule has 2 N–H and O–H groups in total. The molecular formula is C29H41ClF2N2O5Si. The van der Waals surface area contributed by atoms with Crippen LogP contribution >= 0.6 is 11.6 Å². The Balaban J connectivity index is 2.33. The topological polar surface area (TPSA) is 88.1 Å². The standard InChI is InChI=1S/C29H41ClF2N2O5Si/c1-28(2,3)38-27(37)34(15-14-33-22-13-12-20(17-24(35)36)25(31)26(22)32)18-23(19-10-9-11-21(30)16-19)39-40(7,8)29(4,5)6/h9-13,16,23,33H,14-15,17-18H2,1-8H3,(H,35,36). The summed E-state index contributed by atoms with van der Waals surface area (Å²) < 4.78 is 41.4. The number of hydrogen-bond acceptors (Lipinski definition) is 5. The monoisotopic (exact) mass is 598 g/mol.